The number of para-hydroxylation sites is 1. The lowest BCUT2D eigenvalue weighted by atomic mass is 10.2. The van der Waals surface area contributed by atoms with E-state index in [0.717, 1.165) is 36.6 Å². The first-order chi connectivity index (χ1) is 10.4. The molecule has 0 spiro atoms. The predicted molar refractivity (Wildman–Crippen MR) is 85.2 cm³/mol. The number of nitrogens with one attached hydrogen (secondary N) is 1. The maximum atomic E-state index is 4.50. The summed E-state index contributed by atoms with van der Waals surface area (Å²) in [6, 6.07) is 18.9. The molecule has 1 aliphatic heterocycles. The van der Waals surface area contributed by atoms with Crippen LogP contribution in [-0.4, -0.2) is 16.5 Å². The van der Waals surface area contributed by atoms with Crippen LogP contribution in [0.5, 0.6) is 0 Å². The lowest BCUT2D eigenvalue weighted by molar-refractivity contribution is 0.820. The van der Waals surface area contributed by atoms with Crippen LogP contribution in [0.1, 0.15) is 11.3 Å². The van der Waals surface area contributed by atoms with Gasteiger partial charge in [0, 0.05) is 17.8 Å². The first-order valence-electron chi connectivity index (χ1n) is 7.32. The molecule has 1 aromatic heterocycles. The quantitative estimate of drug-likeness (QED) is 0.791. The molecule has 0 amide bonds. The maximum absolute atomic E-state index is 4.50. The van der Waals surface area contributed by atoms with Crippen LogP contribution in [0.3, 0.4) is 0 Å². The Hall–Kier alpha value is -2.55. The van der Waals surface area contributed by atoms with Gasteiger partial charge < -0.3 is 9.88 Å². The molecule has 0 bridgehead atoms. The molecule has 2 heterocycles. The van der Waals surface area contributed by atoms with E-state index in [1.807, 2.05) is 24.4 Å². The highest BCUT2D eigenvalue weighted by Gasteiger charge is 2.18. The topological polar surface area (TPSA) is 31.9 Å². The van der Waals surface area contributed by atoms with Crippen molar-refractivity contribution in [1.29, 1.82) is 0 Å². The van der Waals surface area contributed by atoms with Gasteiger partial charge in [-0.15, -0.1) is 0 Å². The summed E-state index contributed by atoms with van der Waals surface area (Å²) in [5.41, 5.74) is 5.09. The standard InChI is InChI=1S/C18H17N3/c1-2-7-15(8-3-1)18-19-12-16(20-18)13-21-11-10-14-6-4-5-9-17(14)21/h1-9,12H,10-11,13H2,(H,19,20). The SMILES string of the molecule is c1ccc(-c2ncc(CN3CCc4ccccc43)[nH]2)cc1. The van der Waals surface area contributed by atoms with E-state index in [0.29, 0.717) is 0 Å². The minimum atomic E-state index is 0.886. The van der Waals surface area contributed by atoms with Crippen LogP contribution in [0.15, 0.2) is 60.8 Å². The van der Waals surface area contributed by atoms with E-state index in [9.17, 15) is 0 Å². The third kappa shape index (κ3) is 2.31. The number of fused-ring (bicyclic) bond motifs is 1. The Kier molecular flexibility index (Phi) is 2.96. The largest absolute Gasteiger partial charge is 0.365 e. The summed E-state index contributed by atoms with van der Waals surface area (Å²) in [6.07, 6.45) is 3.08. The van der Waals surface area contributed by atoms with Crippen molar-refractivity contribution in [3.05, 3.63) is 72.1 Å². The Balaban J connectivity index is 1.56. The summed E-state index contributed by atoms with van der Waals surface area (Å²) in [5.74, 6) is 0.943. The van der Waals surface area contributed by atoms with E-state index >= 15 is 0 Å². The molecule has 0 aliphatic carbocycles. The number of imidazole rings is 1. The summed E-state index contributed by atoms with van der Waals surface area (Å²) >= 11 is 0. The Morgan fingerprint density at radius 1 is 1.00 bits per heavy atom. The van der Waals surface area contributed by atoms with Gasteiger partial charge in [-0.1, -0.05) is 48.5 Å². The van der Waals surface area contributed by atoms with Crippen molar-refractivity contribution in [1.82, 2.24) is 9.97 Å². The van der Waals surface area contributed by atoms with Gasteiger partial charge in [0.25, 0.3) is 0 Å². The average molecular weight is 275 g/mol. The number of hydrogen-bond donors (Lipinski definition) is 1. The van der Waals surface area contributed by atoms with Crippen molar-refractivity contribution in [3.8, 4) is 11.4 Å². The van der Waals surface area contributed by atoms with Crippen LogP contribution in [0, 0.1) is 0 Å². The predicted octanol–water partition coefficient (Wildman–Crippen LogP) is 3.64. The molecule has 3 heteroatoms. The fraction of sp³-hybridized carbons (Fsp3) is 0.167. The number of hydrogen-bond acceptors (Lipinski definition) is 2. The summed E-state index contributed by atoms with van der Waals surface area (Å²) in [7, 11) is 0. The van der Waals surface area contributed by atoms with E-state index in [1.54, 1.807) is 0 Å². The zero-order valence-corrected chi connectivity index (χ0v) is 11.8. The van der Waals surface area contributed by atoms with Gasteiger partial charge in [-0.3, -0.25) is 0 Å². The molecule has 1 N–H and O–H groups in total. The molecule has 21 heavy (non-hydrogen) atoms. The number of rotatable bonds is 3. The monoisotopic (exact) mass is 275 g/mol. The number of benzene rings is 2. The van der Waals surface area contributed by atoms with Gasteiger partial charge in [0.05, 0.1) is 18.4 Å². The molecular weight excluding hydrogens is 258 g/mol. The lowest BCUT2D eigenvalue weighted by Crippen LogP contribution is -2.19. The minimum absolute atomic E-state index is 0.886. The zero-order chi connectivity index (χ0) is 14.1. The van der Waals surface area contributed by atoms with E-state index < -0.39 is 0 Å². The van der Waals surface area contributed by atoms with Crippen molar-refractivity contribution in [2.75, 3.05) is 11.4 Å². The maximum Gasteiger partial charge on any atom is 0.137 e. The molecular formula is C18H17N3. The number of aromatic nitrogens is 2. The van der Waals surface area contributed by atoms with Gasteiger partial charge in [-0.25, -0.2) is 4.98 Å². The van der Waals surface area contributed by atoms with Crippen molar-refractivity contribution >= 4 is 5.69 Å². The molecule has 0 unspecified atom stereocenters. The molecule has 2 aromatic carbocycles. The highest BCUT2D eigenvalue weighted by atomic mass is 15.2. The number of aromatic amines is 1. The first kappa shape index (κ1) is 12.2. The average Bonchev–Trinajstić information content (AvgIpc) is 3.17. The summed E-state index contributed by atoms with van der Waals surface area (Å²) < 4.78 is 0. The second kappa shape index (κ2) is 5.09. The Morgan fingerprint density at radius 3 is 2.71 bits per heavy atom. The summed E-state index contributed by atoms with van der Waals surface area (Å²) in [6.45, 7) is 1.97. The molecule has 0 radical (unpaired) electrons. The fourth-order valence-corrected chi connectivity index (χ4v) is 2.96. The molecule has 3 aromatic rings. The molecule has 0 fully saturated rings. The van der Waals surface area contributed by atoms with Crippen molar-refractivity contribution < 1.29 is 0 Å². The lowest BCUT2D eigenvalue weighted by Gasteiger charge is -2.18. The third-order valence-electron chi connectivity index (χ3n) is 4.02. The molecule has 0 atom stereocenters. The highest BCUT2D eigenvalue weighted by molar-refractivity contribution is 5.58. The zero-order valence-electron chi connectivity index (χ0n) is 11.8. The normalized spacial score (nSPS) is 13.4. The Morgan fingerprint density at radius 2 is 1.81 bits per heavy atom. The second-order valence-corrected chi connectivity index (χ2v) is 5.42. The second-order valence-electron chi connectivity index (χ2n) is 5.42. The van der Waals surface area contributed by atoms with Crippen LogP contribution < -0.4 is 4.90 Å². The van der Waals surface area contributed by atoms with Crippen LogP contribution in [0.2, 0.25) is 0 Å². The molecule has 104 valence electrons. The first-order valence-corrected chi connectivity index (χ1v) is 7.32. The van der Waals surface area contributed by atoms with Gasteiger partial charge in [-0.05, 0) is 18.1 Å². The molecule has 4 rings (SSSR count). The van der Waals surface area contributed by atoms with Gasteiger partial charge in [-0.2, -0.15) is 0 Å². The Bertz CT molecular complexity index is 746. The smallest absolute Gasteiger partial charge is 0.137 e. The molecule has 3 nitrogen and oxygen atoms in total. The van der Waals surface area contributed by atoms with Crippen molar-refractivity contribution in [3.63, 3.8) is 0 Å². The third-order valence-corrected chi connectivity index (χ3v) is 4.02. The van der Waals surface area contributed by atoms with Crippen LogP contribution in [-0.2, 0) is 13.0 Å². The van der Waals surface area contributed by atoms with Gasteiger partial charge in [0.15, 0.2) is 0 Å². The van der Waals surface area contributed by atoms with Crippen LogP contribution >= 0.6 is 0 Å². The highest BCUT2D eigenvalue weighted by Crippen LogP contribution is 2.28. The van der Waals surface area contributed by atoms with Gasteiger partial charge >= 0.3 is 0 Å². The van der Waals surface area contributed by atoms with E-state index in [2.05, 4.69) is 51.3 Å². The van der Waals surface area contributed by atoms with E-state index in [-0.39, 0.29) is 0 Å². The van der Waals surface area contributed by atoms with E-state index in [1.165, 1.54) is 11.3 Å². The summed E-state index contributed by atoms with van der Waals surface area (Å²) in [5, 5.41) is 0. The van der Waals surface area contributed by atoms with Gasteiger partial charge in [0.2, 0.25) is 0 Å². The summed E-state index contributed by atoms with van der Waals surface area (Å²) in [4.78, 5) is 10.4. The van der Waals surface area contributed by atoms with Crippen molar-refractivity contribution in [2.24, 2.45) is 0 Å². The van der Waals surface area contributed by atoms with Gasteiger partial charge in [0.1, 0.15) is 5.82 Å². The minimum Gasteiger partial charge on any atom is -0.365 e. The molecule has 0 saturated carbocycles. The molecule has 0 saturated heterocycles. The van der Waals surface area contributed by atoms with Crippen LogP contribution in [0.4, 0.5) is 5.69 Å². The number of nitrogens with zero attached hydrogens (tertiary/aromatic N) is 2. The Labute approximate surface area is 124 Å². The van der Waals surface area contributed by atoms with Crippen molar-refractivity contribution in [2.45, 2.75) is 13.0 Å². The van der Waals surface area contributed by atoms with E-state index in [4.69, 9.17) is 0 Å². The van der Waals surface area contributed by atoms with Crippen LogP contribution in [0.25, 0.3) is 11.4 Å². The molecule has 1 aliphatic rings. The number of anilines is 1. The number of H-pyrrole nitrogens is 1. The fourth-order valence-electron chi connectivity index (χ4n) is 2.96.